The molecule has 1 atom stereocenters. The van der Waals surface area contributed by atoms with Crippen molar-refractivity contribution in [1.82, 2.24) is 9.88 Å². The fraction of sp³-hybridized carbons (Fsp3) is 0.200. The van der Waals surface area contributed by atoms with Crippen LogP contribution in [0.5, 0.6) is 0 Å². The number of alkyl halides is 3. The van der Waals surface area contributed by atoms with Gasteiger partial charge < -0.3 is 9.88 Å². The second-order valence-electron chi connectivity index (χ2n) is 8.93. The minimum absolute atomic E-state index is 0.139. The highest BCUT2D eigenvalue weighted by atomic mass is 19.4. The van der Waals surface area contributed by atoms with Gasteiger partial charge in [-0.3, -0.25) is 0 Å². The summed E-state index contributed by atoms with van der Waals surface area (Å²) in [5.41, 5.74) is 4.11. The molecule has 0 bridgehead atoms. The van der Waals surface area contributed by atoms with E-state index >= 15 is 0 Å². The second kappa shape index (κ2) is 9.23. The second-order valence-corrected chi connectivity index (χ2v) is 8.93. The molecule has 178 valence electrons. The maximum Gasteiger partial charge on any atom is 0.416 e. The molecule has 0 aliphatic carbocycles. The van der Waals surface area contributed by atoms with Gasteiger partial charge in [0.05, 0.1) is 5.56 Å². The van der Waals surface area contributed by atoms with E-state index in [0.717, 1.165) is 34.6 Å². The first kappa shape index (κ1) is 23.2. The summed E-state index contributed by atoms with van der Waals surface area (Å²) in [4.78, 5) is 0. The molecule has 5 aromatic rings. The summed E-state index contributed by atoms with van der Waals surface area (Å²) in [6, 6.07) is 26.7. The van der Waals surface area contributed by atoms with Gasteiger partial charge in [-0.2, -0.15) is 13.2 Å². The molecule has 0 amide bonds. The highest BCUT2D eigenvalue weighted by molar-refractivity contribution is 5.96. The largest absolute Gasteiger partial charge is 0.416 e. The summed E-state index contributed by atoms with van der Waals surface area (Å²) >= 11 is 0. The maximum absolute atomic E-state index is 13.3. The van der Waals surface area contributed by atoms with E-state index in [2.05, 4.69) is 71.4 Å². The van der Waals surface area contributed by atoms with E-state index in [4.69, 9.17) is 0 Å². The summed E-state index contributed by atoms with van der Waals surface area (Å²) in [6.07, 6.45) is -2.41. The van der Waals surface area contributed by atoms with Crippen LogP contribution in [0.2, 0.25) is 0 Å². The third-order valence-electron chi connectivity index (χ3n) is 6.69. The highest BCUT2D eigenvalue weighted by Gasteiger charge is 2.30. The van der Waals surface area contributed by atoms with Gasteiger partial charge in [0.1, 0.15) is 0 Å². The van der Waals surface area contributed by atoms with Crippen LogP contribution in [-0.2, 0) is 19.3 Å². The van der Waals surface area contributed by atoms with Crippen LogP contribution in [0.25, 0.3) is 32.8 Å². The van der Waals surface area contributed by atoms with Gasteiger partial charge in [-0.05, 0) is 65.6 Å². The lowest BCUT2D eigenvalue weighted by molar-refractivity contribution is -0.137. The molecule has 0 saturated carbocycles. The Labute approximate surface area is 203 Å². The topological polar surface area (TPSA) is 17.0 Å². The summed E-state index contributed by atoms with van der Waals surface area (Å²) in [7, 11) is 0. The Morgan fingerprint density at radius 3 is 2.43 bits per heavy atom. The first-order chi connectivity index (χ1) is 16.8. The third kappa shape index (κ3) is 4.56. The smallest absolute Gasteiger partial charge is 0.347 e. The molecule has 1 N–H and O–H groups in total. The molecular formula is C30H27F3N2. The number of rotatable bonds is 6. The molecule has 4 aromatic carbocycles. The van der Waals surface area contributed by atoms with Crippen molar-refractivity contribution in [2.45, 2.75) is 39.2 Å². The molecule has 0 spiro atoms. The van der Waals surface area contributed by atoms with Crippen LogP contribution in [0.15, 0.2) is 91.1 Å². The lowest BCUT2D eigenvalue weighted by Gasteiger charge is -2.17. The van der Waals surface area contributed by atoms with Crippen LogP contribution in [0.4, 0.5) is 13.2 Å². The van der Waals surface area contributed by atoms with Crippen molar-refractivity contribution < 1.29 is 13.2 Å². The van der Waals surface area contributed by atoms with Crippen LogP contribution in [0.1, 0.15) is 36.6 Å². The zero-order chi connectivity index (χ0) is 24.6. The fourth-order valence-electron chi connectivity index (χ4n) is 4.82. The van der Waals surface area contributed by atoms with E-state index < -0.39 is 11.7 Å². The van der Waals surface area contributed by atoms with Crippen molar-refractivity contribution in [2.75, 3.05) is 0 Å². The molecule has 1 unspecified atom stereocenters. The number of aromatic nitrogens is 1. The molecule has 0 fully saturated rings. The number of hydrogen-bond donors (Lipinski definition) is 1. The monoisotopic (exact) mass is 472 g/mol. The Balaban J connectivity index is 1.46. The van der Waals surface area contributed by atoms with Crippen LogP contribution in [0, 0.1) is 0 Å². The molecule has 2 nitrogen and oxygen atoms in total. The predicted octanol–water partition coefficient (Wildman–Crippen LogP) is 8.35. The summed E-state index contributed by atoms with van der Waals surface area (Å²) in [5.74, 6) is 0. The van der Waals surface area contributed by atoms with Crippen molar-refractivity contribution in [3.8, 4) is 11.1 Å². The SMILES string of the molecule is CCn1cc(-c2cccc(C(F)(F)F)c2)c2cc(CNC(C)c3cccc4ccccc34)ccc21. The van der Waals surface area contributed by atoms with E-state index in [9.17, 15) is 13.2 Å². The average Bonchev–Trinajstić information content (AvgIpc) is 3.24. The Hall–Kier alpha value is -3.57. The highest BCUT2D eigenvalue weighted by Crippen LogP contribution is 2.36. The van der Waals surface area contributed by atoms with Gasteiger partial charge in [0.2, 0.25) is 0 Å². The fourth-order valence-corrected chi connectivity index (χ4v) is 4.82. The van der Waals surface area contributed by atoms with Gasteiger partial charge in [0.25, 0.3) is 0 Å². The number of nitrogens with zero attached hydrogens (tertiary/aromatic N) is 1. The average molecular weight is 473 g/mol. The molecule has 5 rings (SSSR count). The first-order valence-electron chi connectivity index (χ1n) is 11.9. The van der Waals surface area contributed by atoms with Crippen molar-refractivity contribution >= 4 is 21.7 Å². The van der Waals surface area contributed by atoms with Crippen molar-refractivity contribution in [3.63, 3.8) is 0 Å². The van der Waals surface area contributed by atoms with Gasteiger partial charge in [0.15, 0.2) is 0 Å². The van der Waals surface area contributed by atoms with Crippen LogP contribution in [-0.4, -0.2) is 4.57 Å². The van der Waals surface area contributed by atoms with Gasteiger partial charge in [0, 0.05) is 41.8 Å². The zero-order valence-electron chi connectivity index (χ0n) is 19.7. The lowest BCUT2D eigenvalue weighted by Crippen LogP contribution is -2.18. The Morgan fingerprint density at radius 2 is 1.63 bits per heavy atom. The molecule has 35 heavy (non-hydrogen) atoms. The quantitative estimate of drug-likeness (QED) is 0.263. The number of benzene rings is 4. The lowest BCUT2D eigenvalue weighted by atomic mass is 9.99. The number of nitrogens with one attached hydrogen (secondary N) is 1. The van der Waals surface area contributed by atoms with E-state index in [-0.39, 0.29) is 6.04 Å². The maximum atomic E-state index is 13.3. The minimum Gasteiger partial charge on any atom is -0.347 e. The number of hydrogen-bond acceptors (Lipinski definition) is 1. The van der Waals surface area contributed by atoms with Crippen LogP contribution in [0.3, 0.4) is 0 Å². The molecule has 0 radical (unpaired) electrons. The molecule has 0 aliphatic rings. The molecule has 1 heterocycles. The van der Waals surface area contributed by atoms with Crippen molar-refractivity contribution in [3.05, 3.63) is 108 Å². The summed E-state index contributed by atoms with van der Waals surface area (Å²) < 4.78 is 42.1. The van der Waals surface area contributed by atoms with E-state index in [1.54, 1.807) is 6.07 Å². The molecule has 1 aromatic heterocycles. The normalized spacial score (nSPS) is 12.9. The predicted molar refractivity (Wildman–Crippen MR) is 137 cm³/mol. The molecular weight excluding hydrogens is 445 g/mol. The summed E-state index contributed by atoms with van der Waals surface area (Å²) in [6.45, 7) is 5.59. The van der Waals surface area contributed by atoms with Crippen molar-refractivity contribution in [2.24, 2.45) is 0 Å². The standard InChI is InChI=1S/C30H27F3N2/c1-3-35-19-28(23-10-6-11-24(17-23)30(31,32)33)27-16-21(14-15-29(27)35)18-34-20(2)25-13-7-9-22-8-4-5-12-26(22)25/h4-17,19-20,34H,3,18H2,1-2H3. The van der Waals surface area contributed by atoms with Crippen molar-refractivity contribution in [1.29, 1.82) is 0 Å². The van der Waals surface area contributed by atoms with E-state index in [0.29, 0.717) is 12.1 Å². The number of fused-ring (bicyclic) bond motifs is 2. The Bertz CT molecular complexity index is 1490. The van der Waals surface area contributed by atoms with Gasteiger partial charge in [-0.1, -0.05) is 60.7 Å². The Kier molecular flexibility index (Phi) is 6.12. The van der Waals surface area contributed by atoms with Crippen LogP contribution < -0.4 is 5.32 Å². The van der Waals surface area contributed by atoms with Gasteiger partial charge in [-0.25, -0.2) is 0 Å². The first-order valence-corrected chi connectivity index (χ1v) is 11.9. The molecule has 5 heteroatoms. The molecule has 0 aliphatic heterocycles. The van der Waals surface area contributed by atoms with Crippen LogP contribution >= 0.6 is 0 Å². The number of aryl methyl sites for hydroxylation is 1. The van der Waals surface area contributed by atoms with E-state index in [1.165, 1.54) is 28.5 Å². The minimum atomic E-state index is -4.37. The third-order valence-corrected chi connectivity index (χ3v) is 6.69. The summed E-state index contributed by atoms with van der Waals surface area (Å²) in [5, 5.41) is 7.04. The van der Waals surface area contributed by atoms with Gasteiger partial charge in [-0.15, -0.1) is 0 Å². The Morgan fingerprint density at radius 1 is 0.857 bits per heavy atom. The zero-order valence-corrected chi connectivity index (χ0v) is 19.7. The van der Waals surface area contributed by atoms with E-state index in [1.807, 2.05) is 19.2 Å². The molecule has 0 saturated heterocycles. The number of halogens is 3. The van der Waals surface area contributed by atoms with Gasteiger partial charge >= 0.3 is 6.18 Å².